The molecule has 0 amide bonds. The van der Waals surface area contributed by atoms with Gasteiger partial charge in [-0.25, -0.2) is 4.79 Å². The number of phenols is 1. The third-order valence-corrected chi connectivity index (χ3v) is 7.18. The molecule has 0 saturated carbocycles. The van der Waals surface area contributed by atoms with E-state index < -0.39 is 5.97 Å². The second kappa shape index (κ2) is 9.88. The zero-order chi connectivity index (χ0) is 26.3. The highest BCUT2D eigenvalue weighted by molar-refractivity contribution is 7.80. The van der Waals surface area contributed by atoms with Crippen molar-refractivity contribution in [3.63, 3.8) is 0 Å². The molecule has 0 bridgehead atoms. The van der Waals surface area contributed by atoms with Gasteiger partial charge < -0.3 is 24.6 Å². The third-order valence-electron chi connectivity index (χ3n) is 6.63. The average molecular weight is 533 g/mol. The van der Waals surface area contributed by atoms with Crippen LogP contribution in [0.25, 0.3) is 5.69 Å². The molecular weight excluding hydrogens is 508 g/mol. The van der Waals surface area contributed by atoms with E-state index in [1.807, 2.05) is 59.7 Å². The number of carbonyl (C=O) groups is 1. The van der Waals surface area contributed by atoms with Crippen molar-refractivity contribution in [2.24, 2.45) is 0 Å². The summed E-state index contributed by atoms with van der Waals surface area (Å²) < 4.78 is 7.07. The van der Waals surface area contributed by atoms with Crippen LogP contribution < -0.4 is 10.2 Å². The van der Waals surface area contributed by atoms with Crippen molar-refractivity contribution in [2.75, 3.05) is 12.0 Å². The van der Waals surface area contributed by atoms with E-state index >= 15 is 0 Å². The predicted molar refractivity (Wildman–Crippen MR) is 148 cm³/mol. The number of aryl methyl sites for hydroxylation is 1. The topological polar surface area (TPSA) is 79.6 Å². The fraction of sp³-hybridized carbons (Fsp3) is 0.179. The molecule has 2 atom stereocenters. The lowest BCUT2D eigenvalue weighted by atomic mass is 9.96. The second-order valence-electron chi connectivity index (χ2n) is 8.80. The Labute approximate surface area is 225 Å². The number of nitrogens with zero attached hydrogens (tertiary/aromatic N) is 3. The van der Waals surface area contributed by atoms with Gasteiger partial charge in [-0.15, -0.1) is 0 Å². The van der Waals surface area contributed by atoms with Gasteiger partial charge in [0.15, 0.2) is 5.11 Å². The number of ether oxygens (including phenoxy) is 1. The lowest BCUT2D eigenvalue weighted by molar-refractivity contribution is 0.0600. The third kappa shape index (κ3) is 4.32. The highest BCUT2D eigenvalue weighted by Gasteiger charge is 2.43. The summed E-state index contributed by atoms with van der Waals surface area (Å²) in [6, 6.07) is 19.4. The number of nitrogens with one attached hydrogen (secondary N) is 1. The maximum Gasteiger partial charge on any atom is 0.339 e. The first-order valence-corrected chi connectivity index (χ1v) is 12.5. The Morgan fingerprint density at radius 1 is 1.08 bits per heavy atom. The SMILES string of the molecule is COC(=O)c1ccccc1-n1c(C)cc([C@@H]2[C@@H](c3ccccn3)NC(=S)N2c2cc(Cl)ccc2O)c1C. The van der Waals surface area contributed by atoms with E-state index in [1.54, 1.807) is 30.5 Å². The van der Waals surface area contributed by atoms with Gasteiger partial charge in [-0.3, -0.25) is 4.98 Å². The van der Waals surface area contributed by atoms with Gasteiger partial charge in [0.2, 0.25) is 0 Å². The first-order chi connectivity index (χ1) is 17.8. The summed E-state index contributed by atoms with van der Waals surface area (Å²) in [6.45, 7) is 3.99. The molecule has 4 aromatic rings. The largest absolute Gasteiger partial charge is 0.506 e. The normalized spacial score (nSPS) is 17.1. The van der Waals surface area contributed by atoms with Gasteiger partial charge in [0, 0.05) is 22.6 Å². The summed E-state index contributed by atoms with van der Waals surface area (Å²) in [5, 5.41) is 15.1. The molecule has 188 valence electrons. The molecule has 1 saturated heterocycles. The van der Waals surface area contributed by atoms with Gasteiger partial charge in [-0.1, -0.05) is 29.8 Å². The van der Waals surface area contributed by atoms with Crippen LogP contribution in [0.2, 0.25) is 5.02 Å². The minimum atomic E-state index is -0.412. The molecule has 1 aliphatic heterocycles. The van der Waals surface area contributed by atoms with Gasteiger partial charge in [0.25, 0.3) is 0 Å². The molecule has 0 radical (unpaired) electrons. The second-order valence-corrected chi connectivity index (χ2v) is 9.62. The maximum atomic E-state index is 12.6. The molecule has 37 heavy (non-hydrogen) atoms. The number of aromatic nitrogens is 2. The fourth-order valence-electron chi connectivity index (χ4n) is 5.03. The van der Waals surface area contributed by atoms with E-state index in [0.717, 1.165) is 28.3 Å². The van der Waals surface area contributed by atoms with E-state index in [0.29, 0.717) is 21.4 Å². The van der Waals surface area contributed by atoms with E-state index in [1.165, 1.54) is 7.11 Å². The molecule has 2 aromatic heterocycles. The summed E-state index contributed by atoms with van der Waals surface area (Å²) in [6.07, 6.45) is 1.74. The van der Waals surface area contributed by atoms with Gasteiger partial charge in [-0.05, 0) is 80.2 Å². The standard InChI is InChI=1S/C28H25ClN4O3S/c1-16-14-20(17(2)32(16)22-10-5-4-8-19(22)27(35)36-3)26-25(21-9-6-7-13-30-21)31-28(37)33(26)23-15-18(29)11-12-24(23)34/h4-15,25-26,34H,1-3H3,(H,31,37)/t25-,26-/m1/s1. The molecule has 9 heteroatoms. The highest BCUT2D eigenvalue weighted by Crippen LogP contribution is 2.46. The number of halogens is 1. The number of methoxy groups -OCH3 is 1. The molecule has 0 unspecified atom stereocenters. The highest BCUT2D eigenvalue weighted by atomic mass is 35.5. The number of carbonyl (C=O) groups excluding carboxylic acids is 1. The average Bonchev–Trinajstić information content (AvgIpc) is 3.40. The van der Waals surface area contributed by atoms with Crippen LogP contribution in [0.15, 0.2) is 72.9 Å². The number of rotatable bonds is 5. The number of thiocarbonyl (C=S) groups is 1. The van der Waals surface area contributed by atoms with E-state index in [-0.39, 0.29) is 17.8 Å². The van der Waals surface area contributed by atoms with Crippen LogP contribution >= 0.6 is 23.8 Å². The quantitative estimate of drug-likeness (QED) is 0.248. The summed E-state index contributed by atoms with van der Waals surface area (Å²) in [5.74, 6) is -0.352. The summed E-state index contributed by atoms with van der Waals surface area (Å²) in [4.78, 5) is 19.0. The molecule has 7 nitrogen and oxygen atoms in total. The zero-order valence-corrected chi connectivity index (χ0v) is 22.0. The number of benzene rings is 2. The number of phenolic OH excluding ortho intramolecular Hbond substituents is 1. The monoisotopic (exact) mass is 532 g/mol. The first-order valence-electron chi connectivity index (χ1n) is 11.7. The van der Waals surface area contributed by atoms with E-state index in [4.69, 9.17) is 28.6 Å². The molecule has 2 aromatic carbocycles. The van der Waals surface area contributed by atoms with Crippen LogP contribution in [0.4, 0.5) is 5.69 Å². The van der Waals surface area contributed by atoms with Gasteiger partial charge in [0.05, 0.1) is 41.8 Å². The van der Waals surface area contributed by atoms with Crippen LogP contribution in [0, 0.1) is 13.8 Å². The Balaban J connectivity index is 1.72. The van der Waals surface area contributed by atoms with Crippen molar-refractivity contribution >= 4 is 40.6 Å². The smallest absolute Gasteiger partial charge is 0.339 e. The Bertz CT molecular complexity index is 1500. The van der Waals surface area contributed by atoms with Crippen LogP contribution in [0.1, 0.15) is 45.1 Å². The Hall–Kier alpha value is -3.88. The number of para-hydroxylation sites is 1. The number of hydrogen-bond acceptors (Lipinski definition) is 5. The minimum Gasteiger partial charge on any atom is -0.506 e. The summed E-state index contributed by atoms with van der Waals surface area (Å²) in [7, 11) is 1.37. The lowest BCUT2D eigenvalue weighted by Gasteiger charge is -2.29. The van der Waals surface area contributed by atoms with E-state index in [9.17, 15) is 9.90 Å². The van der Waals surface area contributed by atoms with Gasteiger partial charge >= 0.3 is 5.97 Å². The van der Waals surface area contributed by atoms with E-state index in [2.05, 4.69) is 16.4 Å². The van der Waals surface area contributed by atoms with Gasteiger partial charge in [-0.2, -0.15) is 0 Å². The lowest BCUT2D eigenvalue weighted by Crippen LogP contribution is -2.29. The molecule has 3 heterocycles. The summed E-state index contributed by atoms with van der Waals surface area (Å²) in [5.41, 5.74) is 5.28. The minimum absolute atomic E-state index is 0.0602. The van der Waals surface area contributed by atoms with Gasteiger partial charge in [0.1, 0.15) is 5.75 Å². The molecule has 5 rings (SSSR count). The fourth-order valence-corrected chi connectivity index (χ4v) is 5.53. The Morgan fingerprint density at radius 3 is 2.57 bits per heavy atom. The first kappa shape index (κ1) is 24.8. The zero-order valence-electron chi connectivity index (χ0n) is 20.5. The number of esters is 1. The van der Waals surface area contributed by atoms with Crippen molar-refractivity contribution in [1.29, 1.82) is 0 Å². The van der Waals surface area contributed by atoms with Crippen LogP contribution in [0.3, 0.4) is 0 Å². The molecule has 1 fully saturated rings. The number of pyridine rings is 1. The Morgan fingerprint density at radius 2 is 1.84 bits per heavy atom. The summed E-state index contributed by atoms with van der Waals surface area (Å²) >= 11 is 12.1. The van der Waals surface area contributed by atoms with Crippen LogP contribution in [-0.2, 0) is 4.74 Å². The number of hydrogen-bond donors (Lipinski definition) is 2. The molecule has 1 aliphatic rings. The van der Waals surface area contributed by atoms with Crippen molar-refractivity contribution in [1.82, 2.24) is 14.9 Å². The molecule has 0 aliphatic carbocycles. The maximum absolute atomic E-state index is 12.6. The van der Waals surface area contributed by atoms with Crippen molar-refractivity contribution in [3.8, 4) is 11.4 Å². The Kier molecular flexibility index (Phi) is 6.62. The van der Waals surface area contributed by atoms with Crippen molar-refractivity contribution < 1.29 is 14.6 Å². The van der Waals surface area contributed by atoms with Crippen LogP contribution in [-0.4, -0.2) is 32.8 Å². The van der Waals surface area contributed by atoms with Crippen molar-refractivity contribution in [3.05, 3.63) is 106 Å². The van der Waals surface area contributed by atoms with Crippen LogP contribution in [0.5, 0.6) is 5.75 Å². The number of anilines is 1. The number of aromatic hydroxyl groups is 1. The molecule has 0 spiro atoms. The molecule has 2 N–H and O–H groups in total. The van der Waals surface area contributed by atoms with Crippen molar-refractivity contribution in [2.45, 2.75) is 25.9 Å². The molecular formula is C28H25ClN4O3S. The predicted octanol–water partition coefficient (Wildman–Crippen LogP) is 5.81.